The maximum atomic E-state index is 11.7. The zero-order valence-electron chi connectivity index (χ0n) is 9.86. The van der Waals surface area contributed by atoms with Crippen molar-refractivity contribution in [1.29, 1.82) is 0 Å². The number of hydrogen-bond acceptors (Lipinski definition) is 4. The van der Waals surface area contributed by atoms with Gasteiger partial charge in [-0.3, -0.25) is 0 Å². The first kappa shape index (κ1) is 14.0. The van der Waals surface area contributed by atoms with E-state index in [0.29, 0.717) is 31.1 Å². The summed E-state index contributed by atoms with van der Waals surface area (Å²) < 4.78 is 16.1. The number of rotatable bonds is 6. The SMILES string of the molecule is CCOC(=O)c1cc(Br)ccc1OCCOC. The van der Waals surface area contributed by atoms with Crippen molar-refractivity contribution in [2.24, 2.45) is 0 Å². The van der Waals surface area contributed by atoms with Crippen molar-refractivity contribution < 1.29 is 19.0 Å². The molecule has 0 saturated heterocycles. The molecule has 0 N–H and O–H groups in total. The molecule has 4 nitrogen and oxygen atoms in total. The summed E-state index contributed by atoms with van der Waals surface area (Å²) >= 11 is 3.31. The molecule has 0 aliphatic carbocycles. The number of carbonyl (C=O) groups is 1. The molecule has 0 saturated carbocycles. The molecule has 0 atom stereocenters. The van der Waals surface area contributed by atoms with E-state index in [-0.39, 0.29) is 5.97 Å². The van der Waals surface area contributed by atoms with E-state index >= 15 is 0 Å². The van der Waals surface area contributed by atoms with Crippen LogP contribution in [0.5, 0.6) is 5.75 Å². The highest BCUT2D eigenvalue weighted by Gasteiger charge is 2.14. The van der Waals surface area contributed by atoms with Gasteiger partial charge in [0.2, 0.25) is 0 Å². The fraction of sp³-hybridized carbons (Fsp3) is 0.417. The molecular weight excluding hydrogens is 288 g/mol. The van der Waals surface area contributed by atoms with Crippen molar-refractivity contribution in [1.82, 2.24) is 0 Å². The summed E-state index contributed by atoms with van der Waals surface area (Å²) in [5.41, 5.74) is 0.414. The summed E-state index contributed by atoms with van der Waals surface area (Å²) in [5, 5.41) is 0. The van der Waals surface area contributed by atoms with Gasteiger partial charge in [0.05, 0.1) is 13.2 Å². The van der Waals surface area contributed by atoms with Crippen LogP contribution in [0.1, 0.15) is 17.3 Å². The van der Waals surface area contributed by atoms with E-state index in [1.807, 2.05) is 6.07 Å². The lowest BCUT2D eigenvalue weighted by Crippen LogP contribution is -2.10. The molecule has 5 heteroatoms. The van der Waals surface area contributed by atoms with Gasteiger partial charge in [0, 0.05) is 11.6 Å². The van der Waals surface area contributed by atoms with Gasteiger partial charge in [-0.25, -0.2) is 4.79 Å². The highest BCUT2D eigenvalue weighted by molar-refractivity contribution is 9.10. The Balaban J connectivity index is 2.83. The lowest BCUT2D eigenvalue weighted by molar-refractivity contribution is 0.0519. The fourth-order valence-corrected chi connectivity index (χ4v) is 1.59. The number of esters is 1. The summed E-state index contributed by atoms with van der Waals surface area (Å²) in [7, 11) is 1.59. The summed E-state index contributed by atoms with van der Waals surface area (Å²) in [5.74, 6) is 0.116. The van der Waals surface area contributed by atoms with Crippen LogP contribution in [0.15, 0.2) is 22.7 Å². The summed E-state index contributed by atoms with van der Waals surface area (Å²) in [4.78, 5) is 11.7. The van der Waals surface area contributed by atoms with Gasteiger partial charge in [-0.15, -0.1) is 0 Å². The molecule has 0 aromatic heterocycles. The van der Waals surface area contributed by atoms with Crippen molar-refractivity contribution in [3.63, 3.8) is 0 Å². The minimum atomic E-state index is -0.388. The minimum Gasteiger partial charge on any atom is -0.490 e. The van der Waals surface area contributed by atoms with Crippen LogP contribution in [-0.4, -0.2) is 32.9 Å². The molecule has 0 aliphatic rings. The molecule has 0 amide bonds. The van der Waals surface area contributed by atoms with E-state index in [9.17, 15) is 4.79 Å². The third-order valence-electron chi connectivity index (χ3n) is 1.98. The predicted octanol–water partition coefficient (Wildman–Crippen LogP) is 2.65. The van der Waals surface area contributed by atoms with Gasteiger partial charge in [-0.2, -0.15) is 0 Å². The van der Waals surface area contributed by atoms with Crippen LogP contribution in [0.4, 0.5) is 0 Å². The first-order valence-electron chi connectivity index (χ1n) is 5.27. The van der Waals surface area contributed by atoms with Gasteiger partial charge in [0.15, 0.2) is 0 Å². The molecular formula is C12H15BrO4. The number of halogens is 1. The second kappa shape index (κ2) is 7.29. The third kappa shape index (κ3) is 4.36. The highest BCUT2D eigenvalue weighted by atomic mass is 79.9. The number of carbonyl (C=O) groups excluding carboxylic acids is 1. The average molecular weight is 303 g/mol. The number of hydrogen-bond donors (Lipinski definition) is 0. The second-order valence-corrected chi connectivity index (χ2v) is 4.12. The second-order valence-electron chi connectivity index (χ2n) is 3.20. The van der Waals surface area contributed by atoms with Crippen LogP contribution in [0.25, 0.3) is 0 Å². The lowest BCUT2D eigenvalue weighted by Gasteiger charge is -2.10. The lowest BCUT2D eigenvalue weighted by atomic mass is 10.2. The standard InChI is InChI=1S/C12H15BrO4/c1-3-16-12(14)10-8-9(13)4-5-11(10)17-7-6-15-2/h4-5,8H,3,6-7H2,1-2H3. The quantitative estimate of drug-likeness (QED) is 0.598. The number of benzene rings is 1. The molecule has 0 aliphatic heterocycles. The van der Waals surface area contributed by atoms with Crippen LogP contribution >= 0.6 is 15.9 Å². The van der Waals surface area contributed by atoms with Gasteiger partial charge in [-0.05, 0) is 25.1 Å². The average Bonchev–Trinajstić information content (AvgIpc) is 2.31. The summed E-state index contributed by atoms with van der Waals surface area (Å²) in [6.45, 7) is 2.97. The third-order valence-corrected chi connectivity index (χ3v) is 2.48. The van der Waals surface area contributed by atoms with Crippen molar-refractivity contribution in [3.05, 3.63) is 28.2 Å². The molecule has 0 unspecified atom stereocenters. The van der Waals surface area contributed by atoms with E-state index in [1.165, 1.54) is 0 Å². The Kier molecular flexibility index (Phi) is 6.00. The van der Waals surface area contributed by atoms with Crippen LogP contribution in [0, 0.1) is 0 Å². The zero-order valence-corrected chi connectivity index (χ0v) is 11.5. The van der Waals surface area contributed by atoms with E-state index in [2.05, 4.69) is 15.9 Å². The van der Waals surface area contributed by atoms with Crippen LogP contribution < -0.4 is 4.74 Å². The van der Waals surface area contributed by atoms with Crippen LogP contribution in [-0.2, 0) is 9.47 Å². The number of methoxy groups -OCH3 is 1. The molecule has 17 heavy (non-hydrogen) atoms. The molecule has 0 heterocycles. The normalized spacial score (nSPS) is 10.1. The van der Waals surface area contributed by atoms with E-state index in [1.54, 1.807) is 26.2 Å². The van der Waals surface area contributed by atoms with E-state index in [4.69, 9.17) is 14.2 Å². The van der Waals surface area contributed by atoms with Gasteiger partial charge < -0.3 is 14.2 Å². The van der Waals surface area contributed by atoms with Gasteiger partial charge >= 0.3 is 5.97 Å². The Labute approximate surface area is 109 Å². The van der Waals surface area contributed by atoms with Crippen molar-refractivity contribution in [3.8, 4) is 5.75 Å². The fourth-order valence-electron chi connectivity index (χ4n) is 1.23. The largest absolute Gasteiger partial charge is 0.490 e. The van der Waals surface area contributed by atoms with Gasteiger partial charge in [0.25, 0.3) is 0 Å². The van der Waals surface area contributed by atoms with Crippen LogP contribution in [0.2, 0.25) is 0 Å². The first-order chi connectivity index (χ1) is 8.19. The van der Waals surface area contributed by atoms with Gasteiger partial charge in [-0.1, -0.05) is 15.9 Å². The van der Waals surface area contributed by atoms with Gasteiger partial charge in [0.1, 0.15) is 17.9 Å². The molecule has 0 spiro atoms. The Hall–Kier alpha value is -1.07. The van der Waals surface area contributed by atoms with Crippen molar-refractivity contribution in [2.75, 3.05) is 26.9 Å². The van der Waals surface area contributed by atoms with E-state index < -0.39 is 0 Å². The molecule has 0 fully saturated rings. The first-order valence-corrected chi connectivity index (χ1v) is 6.06. The van der Waals surface area contributed by atoms with Crippen LogP contribution in [0.3, 0.4) is 0 Å². The summed E-state index contributed by atoms with van der Waals surface area (Å²) in [6, 6.07) is 5.22. The Morgan fingerprint density at radius 2 is 2.12 bits per heavy atom. The monoisotopic (exact) mass is 302 g/mol. The number of ether oxygens (including phenoxy) is 3. The van der Waals surface area contributed by atoms with E-state index in [0.717, 1.165) is 4.47 Å². The Morgan fingerprint density at radius 3 is 2.76 bits per heavy atom. The molecule has 1 rings (SSSR count). The maximum absolute atomic E-state index is 11.7. The Morgan fingerprint density at radius 1 is 1.35 bits per heavy atom. The van der Waals surface area contributed by atoms with Crippen molar-refractivity contribution >= 4 is 21.9 Å². The minimum absolute atomic E-state index is 0.336. The smallest absolute Gasteiger partial charge is 0.341 e. The van der Waals surface area contributed by atoms with Crippen molar-refractivity contribution in [2.45, 2.75) is 6.92 Å². The molecule has 0 bridgehead atoms. The topological polar surface area (TPSA) is 44.8 Å². The summed E-state index contributed by atoms with van der Waals surface area (Å²) in [6.07, 6.45) is 0. The zero-order chi connectivity index (χ0) is 12.7. The maximum Gasteiger partial charge on any atom is 0.341 e. The molecule has 0 radical (unpaired) electrons. The Bertz CT molecular complexity index is 379. The molecule has 1 aromatic carbocycles. The predicted molar refractivity (Wildman–Crippen MR) is 67.5 cm³/mol. The molecule has 94 valence electrons. The highest BCUT2D eigenvalue weighted by Crippen LogP contribution is 2.24. The molecule has 1 aromatic rings.